The number of methoxy groups -OCH3 is 3. The van der Waals surface area contributed by atoms with Gasteiger partial charge in [0.05, 0.1) is 46.7 Å². The van der Waals surface area contributed by atoms with Gasteiger partial charge in [-0.1, -0.05) is 23.7 Å². The topological polar surface area (TPSA) is 93.8 Å². The smallest absolute Gasteiger partial charge is 0.354 e. The molecule has 0 aliphatic carbocycles. The number of fused-ring (bicyclic) bond motifs is 1. The van der Waals surface area contributed by atoms with Gasteiger partial charge >= 0.3 is 11.9 Å². The zero-order valence-corrected chi connectivity index (χ0v) is 23.7. The summed E-state index contributed by atoms with van der Waals surface area (Å²) in [5, 5.41) is 6.03. The van der Waals surface area contributed by atoms with Crippen LogP contribution in [0.5, 0.6) is 5.75 Å². The molecule has 2 aromatic heterocycles. The molecular weight excluding hydrogens is 522 g/mol. The van der Waals surface area contributed by atoms with E-state index in [1.807, 2.05) is 51.2 Å². The third kappa shape index (κ3) is 5.51. The third-order valence-electron chi connectivity index (χ3n) is 6.89. The highest BCUT2D eigenvalue weighted by Crippen LogP contribution is 2.42. The van der Waals surface area contributed by atoms with E-state index < -0.39 is 5.97 Å². The minimum atomic E-state index is -0.499. The standard InChI is InChI=1S/C29H32ClN3O6/c1-17-25-23(33(14-13-24(34)37-5)28(17)29(35)38-6)12-11-21(30)27(25)26-18(2)32(3)31-22(26)16-39-15-19-7-9-20(36-4)10-8-19/h7-12H,13-16H2,1-6H3. The van der Waals surface area contributed by atoms with Gasteiger partial charge in [0.25, 0.3) is 0 Å². The lowest BCUT2D eigenvalue weighted by Gasteiger charge is -2.12. The number of benzene rings is 2. The first-order chi connectivity index (χ1) is 18.7. The summed E-state index contributed by atoms with van der Waals surface area (Å²) in [5.74, 6) is -0.0927. The van der Waals surface area contributed by atoms with Gasteiger partial charge in [-0.3, -0.25) is 9.48 Å². The van der Waals surface area contributed by atoms with Crippen molar-refractivity contribution in [2.75, 3.05) is 21.3 Å². The highest BCUT2D eigenvalue weighted by Gasteiger charge is 2.27. The van der Waals surface area contributed by atoms with E-state index in [0.29, 0.717) is 22.9 Å². The molecule has 0 spiro atoms. The van der Waals surface area contributed by atoms with Crippen LogP contribution in [-0.4, -0.2) is 47.6 Å². The molecule has 0 aliphatic heterocycles. The monoisotopic (exact) mass is 553 g/mol. The van der Waals surface area contributed by atoms with Crippen molar-refractivity contribution in [3.8, 4) is 16.9 Å². The van der Waals surface area contributed by atoms with Gasteiger partial charge in [-0.2, -0.15) is 5.10 Å². The Morgan fingerprint density at radius 3 is 2.31 bits per heavy atom. The Labute approximate surface area is 232 Å². The van der Waals surface area contributed by atoms with E-state index in [1.54, 1.807) is 22.4 Å². The van der Waals surface area contributed by atoms with E-state index in [1.165, 1.54) is 14.2 Å². The van der Waals surface area contributed by atoms with Crippen molar-refractivity contribution in [1.82, 2.24) is 14.3 Å². The highest BCUT2D eigenvalue weighted by atomic mass is 35.5. The van der Waals surface area contributed by atoms with Gasteiger partial charge in [0.1, 0.15) is 11.4 Å². The van der Waals surface area contributed by atoms with E-state index in [-0.39, 0.29) is 25.5 Å². The molecule has 0 atom stereocenters. The molecule has 0 N–H and O–H groups in total. The molecule has 4 aromatic rings. The van der Waals surface area contributed by atoms with E-state index >= 15 is 0 Å². The van der Waals surface area contributed by atoms with Crippen molar-refractivity contribution in [1.29, 1.82) is 0 Å². The van der Waals surface area contributed by atoms with E-state index in [9.17, 15) is 9.59 Å². The maximum Gasteiger partial charge on any atom is 0.354 e. The number of esters is 2. The molecule has 10 heteroatoms. The zero-order valence-electron chi connectivity index (χ0n) is 23.0. The van der Waals surface area contributed by atoms with Gasteiger partial charge in [-0.15, -0.1) is 0 Å². The summed E-state index contributed by atoms with van der Waals surface area (Å²) in [6.45, 7) is 4.71. The van der Waals surface area contributed by atoms with Crippen LogP contribution in [0, 0.1) is 13.8 Å². The molecule has 2 heterocycles. The molecule has 206 valence electrons. The van der Waals surface area contributed by atoms with Crippen molar-refractivity contribution in [2.45, 2.75) is 40.0 Å². The van der Waals surface area contributed by atoms with Crippen molar-refractivity contribution in [2.24, 2.45) is 7.05 Å². The molecule has 4 rings (SSSR count). The number of aromatic nitrogens is 3. The maximum atomic E-state index is 12.9. The summed E-state index contributed by atoms with van der Waals surface area (Å²) in [4.78, 5) is 24.8. The van der Waals surface area contributed by atoms with E-state index in [4.69, 9.17) is 35.6 Å². The van der Waals surface area contributed by atoms with Gasteiger partial charge in [0.2, 0.25) is 0 Å². The lowest BCUT2D eigenvalue weighted by Crippen LogP contribution is -2.14. The number of rotatable bonds is 10. The largest absolute Gasteiger partial charge is 0.497 e. The number of carbonyl (C=O) groups excluding carboxylic acids is 2. The second-order valence-electron chi connectivity index (χ2n) is 9.13. The summed E-state index contributed by atoms with van der Waals surface area (Å²) in [5.41, 5.74) is 6.03. The van der Waals surface area contributed by atoms with E-state index in [0.717, 1.165) is 44.7 Å². The number of ether oxygens (including phenoxy) is 4. The quantitative estimate of drug-likeness (QED) is 0.243. The first-order valence-corrected chi connectivity index (χ1v) is 12.8. The van der Waals surface area contributed by atoms with Gasteiger partial charge in [-0.05, 0) is 49.2 Å². The molecule has 0 amide bonds. The van der Waals surface area contributed by atoms with Crippen LogP contribution in [0.2, 0.25) is 5.02 Å². The Bertz CT molecular complexity index is 1520. The van der Waals surface area contributed by atoms with Crippen LogP contribution in [-0.2, 0) is 45.8 Å². The van der Waals surface area contributed by atoms with Crippen molar-refractivity contribution < 1.29 is 28.5 Å². The van der Waals surface area contributed by atoms with Crippen LogP contribution >= 0.6 is 11.6 Å². The second-order valence-corrected chi connectivity index (χ2v) is 9.54. The predicted molar refractivity (Wildman–Crippen MR) is 148 cm³/mol. The van der Waals surface area contributed by atoms with Gasteiger partial charge in [0, 0.05) is 46.3 Å². The first kappa shape index (κ1) is 28.2. The van der Waals surface area contributed by atoms with Crippen LogP contribution in [0.3, 0.4) is 0 Å². The minimum absolute atomic E-state index is 0.0953. The number of nitrogens with zero attached hydrogens (tertiary/aromatic N) is 3. The number of hydrogen-bond acceptors (Lipinski definition) is 7. The molecule has 39 heavy (non-hydrogen) atoms. The Hall–Kier alpha value is -3.82. The Balaban J connectivity index is 1.80. The van der Waals surface area contributed by atoms with Gasteiger partial charge < -0.3 is 23.5 Å². The summed E-state index contributed by atoms with van der Waals surface area (Å²) < 4.78 is 24.8. The van der Waals surface area contributed by atoms with E-state index in [2.05, 4.69) is 0 Å². The van der Waals surface area contributed by atoms with Crippen LogP contribution in [0.25, 0.3) is 22.0 Å². The molecule has 2 aromatic carbocycles. The molecule has 0 saturated carbocycles. The van der Waals surface area contributed by atoms with Crippen LogP contribution in [0.15, 0.2) is 36.4 Å². The molecule has 0 bridgehead atoms. The fourth-order valence-corrected chi connectivity index (χ4v) is 5.10. The molecule has 0 unspecified atom stereocenters. The Morgan fingerprint density at radius 2 is 1.67 bits per heavy atom. The lowest BCUT2D eigenvalue weighted by molar-refractivity contribution is -0.140. The maximum absolute atomic E-state index is 12.9. The average Bonchev–Trinajstić information content (AvgIpc) is 3.38. The highest BCUT2D eigenvalue weighted by molar-refractivity contribution is 6.35. The minimum Gasteiger partial charge on any atom is -0.497 e. The van der Waals surface area contributed by atoms with Gasteiger partial charge in [-0.25, -0.2) is 4.79 Å². The molecule has 0 radical (unpaired) electrons. The number of hydrogen-bond donors (Lipinski definition) is 0. The molecule has 0 fully saturated rings. The third-order valence-corrected chi connectivity index (χ3v) is 7.21. The number of carbonyl (C=O) groups is 2. The number of aryl methyl sites for hydroxylation is 3. The SMILES string of the molecule is COC(=O)CCn1c(C(=O)OC)c(C)c2c(-c3c(COCc4ccc(OC)cc4)nn(C)c3C)c(Cl)ccc21. The van der Waals surface area contributed by atoms with Crippen molar-refractivity contribution >= 4 is 34.4 Å². The van der Waals surface area contributed by atoms with Crippen LogP contribution in [0.4, 0.5) is 0 Å². The lowest BCUT2D eigenvalue weighted by atomic mass is 9.97. The molecule has 0 aliphatic rings. The zero-order chi connectivity index (χ0) is 28.3. The Morgan fingerprint density at radius 1 is 0.949 bits per heavy atom. The second kappa shape index (κ2) is 11.9. The summed E-state index contributed by atoms with van der Waals surface area (Å²) in [7, 11) is 6.17. The van der Waals surface area contributed by atoms with Crippen molar-refractivity contribution in [3.63, 3.8) is 0 Å². The van der Waals surface area contributed by atoms with Gasteiger partial charge in [0.15, 0.2) is 0 Å². The summed E-state index contributed by atoms with van der Waals surface area (Å²) in [6.07, 6.45) is 0.0953. The number of halogens is 1. The van der Waals surface area contributed by atoms with Crippen LogP contribution in [0.1, 0.15) is 39.4 Å². The fourth-order valence-electron chi connectivity index (χ4n) is 4.84. The first-order valence-electron chi connectivity index (χ1n) is 12.4. The molecular formula is C29H32ClN3O6. The fraction of sp³-hybridized carbons (Fsp3) is 0.345. The normalized spacial score (nSPS) is 11.2. The molecule has 0 saturated heterocycles. The van der Waals surface area contributed by atoms with Crippen molar-refractivity contribution in [3.05, 3.63) is 69.6 Å². The molecule has 9 nitrogen and oxygen atoms in total. The predicted octanol–water partition coefficient (Wildman–Crippen LogP) is 5.39. The summed E-state index contributed by atoms with van der Waals surface area (Å²) >= 11 is 6.86. The van der Waals surface area contributed by atoms with Crippen LogP contribution < -0.4 is 4.74 Å². The Kier molecular flexibility index (Phi) is 8.62. The summed E-state index contributed by atoms with van der Waals surface area (Å²) in [6, 6.07) is 11.3. The average molecular weight is 554 g/mol.